The van der Waals surface area contributed by atoms with E-state index in [1.54, 1.807) is 0 Å². The van der Waals surface area contributed by atoms with Crippen LogP contribution < -0.4 is 0 Å². The van der Waals surface area contributed by atoms with Gasteiger partial charge in [-0.3, -0.25) is 9.59 Å². The molecule has 4 aliphatic heterocycles. The number of nitrogens with zero attached hydrogens (tertiary/aromatic N) is 1. The van der Waals surface area contributed by atoms with E-state index in [2.05, 4.69) is 6.92 Å². The normalized spacial score (nSPS) is 39.7. The van der Waals surface area contributed by atoms with Crippen LogP contribution in [0.2, 0.25) is 0 Å². The highest BCUT2D eigenvalue weighted by Crippen LogP contribution is 2.52. The highest BCUT2D eigenvalue weighted by molar-refractivity contribution is 5.91. The summed E-state index contributed by atoms with van der Waals surface area (Å²) in [5.74, 6) is -1.23. The van der Waals surface area contributed by atoms with Crippen LogP contribution in [0, 0.1) is 11.8 Å². The average Bonchev–Trinajstić information content (AvgIpc) is 3.31. The molecule has 0 aliphatic carbocycles. The first-order chi connectivity index (χ1) is 11.6. The standard InChI is InChI=1S/C18H25NO5/c1-2-3-8-23-17(21)14-13-6-7-18(24-13)11-19(16(20)15(14)18)10-12-5-4-9-22-12/h6-7,12-15H,2-5,8-11H2,1H3/t12-,13+,14-,15-,18+/m0/s1. The first-order valence-electron chi connectivity index (χ1n) is 9.09. The third-order valence-corrected chi connectivity index (χ3v) is 5.64. The Kier molecular flexibility index (Phi) is 4.12. The zero-order chi connectivity index (χ0) is 16.7. The van der Waals surface area contributed by atoms with E-state index in [1.807, 2.05) is 17.1 Å². The van der Waals surface area contributed by atoms with Gasteiger partial charge < -0.3 is 19.1 Å². The maximum atomic E-state index is 13.0. The van der Waals surface area contributed by atoms with Crippen LogP contribution in [0.3, 0.4) is 0 Å². The van der Waals surface area contributed by atoms with E-state index in [-0.39, 0.29) is 24.1 Å². The van der Waals surface area contributed by atoms with Crippen molar-refractivity contribution in [2.45, 2.75) is 50.4 Å². The van der Waals surface area contributed by atoms with Gasteiger partial charge in [-0.1, -0.05) is 25.5 Å². The Morgan fingerprint density at radius 2 is 2.38 bits per heavy atom. The fourth-order valence-corrected chi connectivity index (χ4v) is 4.45. The number of hydrogen-bond donors (Lipinski definition) is 0. The lowest BCUT2D eigenvalue weighted by molar-refractivity contribution is -0.154. The number of carbonyl (C=O) groups is 2. The molecule has 6 nitrogen and oxygen atoms in total. The van der Waals surface area contributed by atoms with E-state index in [9.17, 15) is 9.59 Å². The molecular formula is C18H25NO5. The van der Waals surface area contributed by atoms with E-state index in [1.165, 1.54) is 0 Å². The second-order valence-electron chi connectivity index (χ2n) is 7.27. The summed E-state index contributed by atoms with van der Waals surface area (Å²) in [5.41, 5.74) is -0.644. The minimum Gasteiger partial charge on any atom is -0.465 e. The van der Waals surface area contributed by atoms with E-state index < -0.39 is 17.4 Å². The Hall–Kier alpha value is -1.40. The van der Waals surface area contributed by atoms with Crippen molar-refractivity contribution in [3.63, 3.8) is 0 Å². The maximum Gasteiger partial charge on any atom is 0.312 e. The topological polar surface area (TPSA) is 65.1 Å². The predicted octanol–water partition coefficient (Wildman–Crippen LogP) is 1.29. The van der Waals surface area contributed by atoms with Crippen LogP contribution >= 0.6 is 0 Å². The molecule has 0 radical (unpaired) electrons. The molecule has 1 spiro atoms. The predicted molar refractivity (Wildman–Crippen MR) is 85.1 cm³/mol. The number of ether oxygens (including phenoxy) is 3. The minimum absolute atomic E-state index is 0.00907. The Balaban J connectivity index is 1.48. The van der Waals surface area contributed by atoms with Crippen molar-refractivity contribution >= 4 is 11.9 Å². The molecule has 6 heteroatoms. The lowest BCUT2D eigenvalue weighted by Gasteiger charge is -2.23. The molecule has 2 bridgehead atoms. The summed E-state index contributed by atoms with van der Waals surface area (Å²) < 4.78 is 17.1. The molecule has 0 aromatic heterocycles. The Morgan fingerprint density at radius 3 is 3.12 bits per heavy atom. The van der Waals surface area contributed by atoms with Crippen LogP contribution in [-0.2, 0) is 23.8 Å². The Labute approximate surface area is 142 Å². The highest BCUT2D eigenvalue weighted by Gasteiger charge is 2.67. The van der Waals surface area contributed by atoms with Gasteiger partial charge in [-0.15, -0.1) is 0 Å². The van der Waals surface area contributed by atoms with Gasteiger partial charge in [-0.2, -0.15) is 0 Å². The summed E-state index contributed by atoms with van der Waals surface area (Å²) in [6.45, 7) is 4.34. The third-order valence-electron chi connectivity index (χ3n) is 5.64. The van der Waals surface area contributed by atoms with Crippen LogP contribution in [-0.4, -0.2) is 60.9 Å². The molecule has 0 aromatic rings. The number of unbranched alkanes of at least 4 members (excludes halogenated alkanes) is 1. The molecule has 0 aromatic carbocycles. The summed E-state index contributed by atoms with van der Waals surface area (Å²) in [7, 11) is 0. The quantitative estimate of drug-likeness (QED) is 0.416. The van der Waals surface area contributed by atoms with Crippen molar-refractivity contribution in [3.8, 4) is 0 Å². The molecule has 3 saturated heterocycles. The summed E-state index contributed by atoms with van der Waals surface area (Å²) in [6, 6.07) is 0. The Bertz CT molecular complexity index is 556. The molecule has 0 saturated carbocycles. The summed E-state index contributed by atoms with van der Waals surface area (Å²) in [6.07, 6.45) is 7.54. The molecule has 4 rings (SSSR count). The minimum atomic E-state index is -0.644. The number of carbonyl (C=O) groups excluding carboxylic acids is 2. The van der Waals surface area contributed by atoms with Gasteiger partial charge in [0.05, 0.1) is 31.3 Å². The first-order valence-corrected chi connectivity index (χ1v) is 9.09. The van der Waals surface area contributed by atoms with Crippen molar-refractivity contribution in [2.75, 3.05) is 26.3 Å². The smallest absolute Gasteiger partial charge is 0.312 e. The lowest BCUT2D eigenvalue weighted by atomic mass is 9.77. The van der Waals surface area contributed by atoms with Crippen molar-refractivity contribution in [1.82, 2.24) is 4.90 Å². The van der Waals surface area contributed by atoms with Gasteiger partial charge >= 0.3 is 5.97 Å². The maximum absolute atomic E-state index is 13.0. The zero-order valence-electron chi connectivity index (χ0n) is 14.1. The van der Waals surface area contributed by atoms with Gasteiger partial charge in [0.2, 0.25) is 5.91 Å². The number of fused-ring (bicyclic) bond motifs is 1. The summed E-state index contributed by atoms with van der Waals surface area (Å²) in [4.78, 5) is 27.3. The van der Waals surface area contributed by atoms with Gasteiger partial charge in [-0.25, -0.2) is 0 Å². The summed E-state index contributed by atoms with van der Waals surface area (Å²) in [5, 5.41) is 0. The number of hydrogen-bond acceptors (Lipinski definition) is 5. The molecular weight excluding hydrogens is 310 g/mol. The van der Waals surface area contributed by atoms with Gasteiger partial charge in [0.15, 0.2) is 0 Å². The zero-order valence-corrected chi connectivity index (χ0v) is 14.1. The molecule has 24 heavy (non-hydrogen) atoms. The summed E-state index contributed by atoms with van der Waals surface area (Å²) >= 11 is 0. The van der Waals surface area contributed by atoms with E-state index in [0.29, 0.717) is 19.7 Å². The van der Waals surface area contributed by atoms with Crippen molar-refractivity contribution in [1.29, 1.82) is 0 Å². The fourth-order valence-electron chi connectivity index (χ4n) is 4.45. The number of esters is 1. The molecule has 4 aliphatic rings. The molecule has 1 amide bonds. The lowest BCUT2D eigenvalue weighted by Crippen LogP contribution is -2.40. The molecule has 4 heterocycles. The van der Waals surface area contributed by atoms with Crippen LogP contribution in [0.15, 0.2) is 12.2 Å². The van der Waals surface area contributed by atoms with Crippen LogP contribution in [0.25, 0.3) is 0 Å². The van der Waals surface area contributed by atoms with Gasteiger partial charge in [0.1, 0.15) is 11.5 Å². The van der Waals surface area contributed by atoms with Crippen molar-refractivity contribution in [2.24, 2.45) is 11.8 Å². The fraction of sp³-hybridized carbons (Fsp3) is 0.778. The van der Waals surface area contributed by atoms with Crippen LogP contribution in [0.5, 0.6) is 0 Å². The van der Waals surface area contributed by atoms with E-state index in [0.717, 1.165) is 32.3 Å². The highest BCUT2D eigenvalue weighted by atomic mass is 16.6. The molecule has 0 N–H and O–H groups in total. The van der Waals surface area contributed by atoms with Gasteiger partial charge in [0.25, 0.3) is 0 Å². The Morgan fingerprint density at radius 1 is 1.50 bits per heavy atom. The number of rotatable bonds is 6. The second-order valence-corrected chi connectivity index (χ2v) is 7.27. The largest absolute Gasteiger partial charge is 0.465 e. The van der Waals surface area contributed by atoms with Crippen LogP contribution in [0.4, 0.5) is 0 Å². The molecule has 0 unspecified atom stereocenters. The molecule has 3 fully saturated rings. The average molecular weight is 335 g/mol. The van der Waals surface area contributed by atoms with E-state index >= 15 is 0 Å². The van der Waals surface area contributed by atoms with Crippen LogP contribution in [0.1, 0.15) is 32.6 Å². The SMILES string of the molecule is CCCCOC(=O)[C@@H]1[C@H]2C(=O)N(C[C@@H]3CCCO3)C[C@]23C=C[C@H]1O3. The van der Waals surface area contributed by atoms with Gasteiger partial charge in [0, 0.05) is 13.2 Å². The van der Waals surface area contributed by atoms with E-state index in [4.69, 9.17) is 14.2 Å². The number of amides is 1. The van der Waals surface area contributed by atoms with Gasteiger partial charge in [-0.05, 0) is 19.3 Å². The van der Waals surface area contributed by atoms with Crippen molar-refractivity contribution in [3.05, 3.63) is 12.2 Å². The first kappa shape index (κ1) is 16.1. The molecule has 5 atom stereocenters. The molecule has 132 valence electrons. The van der Waals surface area contributed by atoms with Crippen molar-refractivity contribution < 1.29 is 23.8 Å². The second kappa shape index (κ2) is 6.15. The third kappa shape index (κ3) is 2.47. The number of likely N-dealkylation sites (tertiary alicyclic amines) is 1. The monoisotopic (exact) mass is 335 g/mol.